The highest BCUT2D eigenvalue weighted by Gasteiger charge is 2.39. The Balaban J connectivity index is 2.32. The van der Waals surface area contributed by atoms with Crippen molar-refractivity contribution in [2.75, 3.05) is 32.8 Å². The molecule has 3 nitrogen and oxygen atoms in total. The number of rotatable bonds is 6. The van der Waals surface area contributed by atoms with Crippen LogP contribution in [0.2, 0.25) is 0 Å². The Morgan fingerprint density at radius 3 is 2.62 bits per heavy atom. The van der Waals surface area contributed by atoms with Crippen LogP contribution in [0.15, 0.2) is 24.3 Å². The molecule has 1 aliphatic rings. The second-order valence-corrected chi connectivity index (χ2v) is 5.86. The lowest BCUT2D eigenvalue weighted by molar-refractivity contribution is -0.0327. The molecule has 0 spiro atoms. The van der Waals surface area contributed by atoms with Gasteiger partial charge in [0.2, 0.25) is 0 Å². The maximum absolute atomic E-state index is 13.6. The number of halogens is 1. The fourth-order valence-corrected chi connectivity index (χ4v) is 3.27. The predicted octanol–water partition coefficient (Wildman–Crippen LogP) is 2.98. The number of hydrogen-bond donors (Lipinski definition) is 1. The van der Waals surface area contributed by atoms with E-state index in [9.17, 15) is 4.39 Å². The van der Waals surface area contributed by atoms with Crippen molar-refractivity contribution >= 4 is 0 Å². The van der Waals surface area contributed by atoms with Crippen molar-refractivity contribution < 1.29 is 9.13 Å². The molecule has 1 N–H and O–H groups in total. The highest BCUT2D eigenvalue weighted by molar-refractivity contribution is 5.24. The smallest absolute Gasteiger partial charge is 0.123 e. The Morgan fingerprint density at radius 1 is 1.33 bits per heavy atom. The summed E-state index contributed by atoms with van der Waals surface area (Å²) in [7, 11) is 0. The highest BCUT2D eigenvalue weighted by Crippen LogP contribution is 2.35. The van der Waals surface area contributed by atoms with E-state index in [1.54, 1.807) is 12.1 Å². The molecule has 4 heteroatoms. The van der Waals surface area contributed by atoms with Crippen molar-refractivity contribution in [2.24, 2.45) is 0 Å². The molecule has 21 heavy (non-hydrogen) atoms. The molecule has 1 heterocycles. The van der Waals surface area contributed by atoms with Gasteiger partial charge in [-0.2, -0.15) is 0 Å². The van der Waals surface area contributed by atoms with Gasteiger partial charge in [0.25, 0.3) is 0 Å². The Hall–Kier alpha value is -0.970. The first-order chi connectivity index (χ1) is 10.1. The minimum atomic E-state index is -0.171. The van der Waals surface area contributed by atoms with Gasteiger partial charge in [0, 0.05) is 18.6 Å². The van der Waals surface area contributed by atoms with Gasteiger partial charge in [-0.3, -0.25) is 4.90 Å². The first kappa shape index (κ1) is 16.4. The average Bonchev–Trinajstić information content (AvgIpc) is 2.52. The molecule has 0 aromatic heterocycles. The monoisotopic (exact) mass is 294 g/mol. The van der Waals surface area contributed by atoms with Crippen LogP contribution < -0.4 is 5.32 Å². The molecule has 1 saturated heterocycles. The largest absolute Gasteiger partial charge is 0.379 e. The van der Waals surface area contributed by atoms with Crippen molar-refractivity contribution in [3.05, 3.63) is 35.6 Å². The summed E-state index contributed by atoms with van der Waals surface area (Å²) in [5.74, 6) is -0.171. The molecule has 0 amide bonds. The van der Waals surface area contributed by atoms with E-state index in [2.05, 4.69) is 31.0 Å². The molecular weight excluding hydrogens is 267 g/mol. The van der Waals surface area contributed by atoms with Crippen LogP contribution in [0, 0.1) is 5.82 Å². The summed E-state index contributed by atoms with van der Waals surface area (Å²) in [5.41, 5.74) is 0.973. The normalized spacial score (nSPS) is 21.0. The van der Waals surface area contributed by atoms with Gasteiger partial charge < -0.3 is 10.1 Å². The standard InChI is InChI=1S/C17H27FN2O/c1-4-17(3,20-9-11-21-12-10-20)16(19-5-2)14-7-6-8-15(18)13-14/h6-8,13,16,19H,4-5,9-12H2,1-3H3. The van der Waals surface area contributed by atoms with E-state index in [1.165, 1.54) is 6.07 Å². The average molecular weight is 294 g/mol. The fraction of sp³-hybridized carbons (Fsp3) is 0.647. The number of likely N-dealkylation sites (N-methyl/N-ethyl adjacent to an activating group) is 1. The minimum Gasteiger partial charge on any atom is -0.379 e. The van der Waals surface area contributed by atoms with Gasteiger partial charge in [-0.1, -0.05) is 26.0 Å². The maximum atomic E-state index is 13.6. The molecule has 1 aromatic carbocycles. The van der Waals surface area contributed by atoms with E-state index in [-0.39, 0.29) is 17.4 Å². The quantitative estimate of drug-likeness (QED) is 0.873. The Kier molecular flexibility index (Phi) is 5.73. The van der Waals surface area contributed by atoms with Crippen molar-refractivity contribution in [2.45, 2.75) is 38.8 Å². The van der Waals surface area contributed by atoms with E-state index < -0.39 is 0 Å². The summed E-state index contributed by atoms with van der Waals surface area (Å²) in [6, 6.07) is 7.09. The van der Waals surface area contributed by atoms with Crippen LogP contribution in [0.5, 0.6) is 0 Å². The first-order valence-electron chi connectivity index (χ1n) is 7.93. The molecule has 0 radical (unpaired) electrons. The number of hydrogen-bond acceptors (Lipinski definition) is 3. The van der Waals surface area contributed by atoms with E-state index in [0.717, 1.165) is 44.8 Å². The van der Waals surface area contributed by atoms with Gasteiger partial charge in [0.05, 0.1) is 19.3 Å². The zero-order chi connectivity index (χ0) is 15.3. The minimum absolute atomic E-state index is 0.0480. The number of ether oxygens (including phenoxy) is 1. The van der Waals surface area contributed by atoms with Crippen molar-refractivity contribution in [3.63, 3.8) is 0 Å². The van der Waals surface area contributed by atoms with Gasteiger partial charge >= 0.3 is 0 Å². The van der Waals surface area contributed by atoms with Crippen molar-refractivity contribution in [3.8, 4) is 0 Å². The lowest BCUT2D eigenvalue weighted by atomic mass is 9.82. The molecule has 1 aromatic rings. The summed E-state index contributed by atoms with van der Waals surface area (Å²) in [6.45, 7) is 10.9. The molecule has 2 rings (SSSR count). The second kappa shape index (κ2) is 7.34. The predicted molar refractivity (Wildman–Crippen MR) is 83.9 cm³/mol. The molecule has 0 aliphatic carbocycles. The van der Waals surface area contributed by atoms with E-state index in [1.807, 2.05) is 6.07 Å². The van der Waals surface area contributed by atoms with E-state index in [4.69, 9.17) is 4.74 Å². The van der Waals surface area contributed by atoms with Crippen LogP contribution >= 0.6 is 0 Å². The Bertz CT molecular complexity index is 448. The zero-order valence-corrected chi connectivity index (χ0v) is 13.4. The summed E-state index contributed by atoms with van der Waals surface area (Å²) in [6.07, 6.45) is 1.00. The van der Waals surface area contributed by atoms with Crippen LogP contribution in [-0.4, -0.2) is 43.3 Å². The zero-order valence-electron chi connectivity index (χ0n) is 13.4. The molecule has 1 fully saturated rings. The highest BCUT2D eigenvalue weighted by atomic mass is 19.1. The SMILES string of the molecule is CCNC(c1cccc(F)c1)C(C)(CC)N1CCOCC1. The van der Waals surface area contributed by atoms with Crippen molar-refractivity contribution in [1.29, 1.82) is 0 Å². The van der Waals surface area contributed by atoms with Gasteiger partial charge in [-0.05, 0) is 37.6 Å². The molecule has 0 saturated carbocycles. The summed E-state index contributed by atoms with van der Waals surface area (Å²) in [4.78, 5) is 2.48. The lowest BCUT2D eigenvalue weighted by Gasteiger charge is -2.48. The van der Waals surface area contributed by atoms with Crippen LogP contribution in [0.25, 0.3) is 0 Å². The van der Waals surface area contributed by atoms with Gasteiger partial charge in [-0.25, -0.2) is 4.39 Å². The molecule has 2 unspecified atom stereocenters. The molecule has 1 aliphatic heterocycles. The Morgan fingerprint density at radius 2 is 2.05 bits per heavy atom. The fourth-order valence-electron chi connectivity index (χ4n) is 3.27. The topological polar surface area (TPSA) is 24.5 Å². The molecular formula is C17H27FN2O. The number of benzene rings is 1. The third-order valence-electron chi connectivity index (χ3n) is 4.66. The maximum Gasteiger partial charge on any atom is 0.123 e. The molecule has 118 valence electrons. The van der Waals surface area contributed by atoms with Gasteiger partial charge in [0.1, 0.15) is 5.82 Å². The van der Waals surface area contributed by atoms with Crippen LogP contribution in [0.1, 0.15) is 38.8 Å². The summed E-state index contributed by atoms with van der Waals surface area (Å²) in [5, 5.41) is 3.57. The number of nitrogens with zero attached hydrogens (tertiary/aromatic N) is 1. The van der Waals surface area contributed by atoms with Crippen LogP contribution in [0.3, 0.4) is 0 Å². The number of morpholine rings is 1. The van der Waals surface area contributed by atoms with Gasteiger partial charge in [0.15, 0.2) is 0 Å². The third kappa shape index (κ3) is 3.62. The summed E-state index contributed by atoms with van der Waals surface area (Å²) < 4.78 is 19.1. The van der Waals surface area contributed by atoms with E-state index >= 15 is 0 Å². The molecule has 2 atom stereocenters. The van der Waals surface area contributed by atoms with Crippen molar-refractivity contribution in [1.82, 2.24) is 10.2 Å². The Labute approximate surface area is 127 Å². The van der Waals surface area contributed by atoms with Crippen LogP contribution in [0.4, 0.5) is 4.39 Å². The lowest BCUT2D eigenvalue weighted by Crippen LogP contribution is -2.57. The number of nitrogens with one attached hydrogen (secondary N) is 1. The second-order valence-electron chi connectivity index (χ2n) is 5.86. The van der Waals surface area contributed by atoms with E-state index in [0.29, 0.717) is 0 Å². The van der Waals surface area contributed by atoms with Gasteiger partial charge in [-0.15, -0.1) is 0 Å². The third-order valence-corrected chi connectivity index (χ3v) is 4.66. The molecule has 0 bridgehead atoms. The first-order valence-corrected chi connectivity index (χ1v) is 7.93. The summed E-state index contributed by atoms with van der Waals surface area (Å²) >= 11 is 0. The van der Waals surface area contributed by atoms with Crippen LogP contribution in [-0.2, 0) is 4.74 Å².